The number of aryl methyl sites for hydroxylation is 1. The molecule has 3 heterocycles. The van der Waals surface area contributed by atoms with Gasteiger partial charge in [-0.2, -0.15) is 0 Å². The van der Waals surface area contributed by atoms with E-state index >= 15 is 0 Å². The van der Waals surface area contributed by atoms with Crippen LogP contribution in [0.5, 0.6) is 0 Å². The fourth-order valence-corrected chi connectivity index (χ4v) is 4.12. The van der Waals surface area contributed by atoms with Crippen molar-refractivity contribution in [2.75, 3.05) is 7.05 Å². The minimum absolute atomic E-state index is 0.0460. The van der Waals surface area contributed by atoms with E-state index in [2.05, 4.69) is 29.2 Å². The molecule has 134 valence electrons. The highest BCUT2D eigenvalue weighted by atomic mass is 16.2. The SMILES string of the molecule is Cc1ccc(-c2ccc3c(c2)-n2cc(C=O)cc2C(=O)N(C)C32CC2)cn1. The number of aldehydes is 1. The molecular weight excluding hydrogens is 338 g/mol. The summed E-state index contributed by atoms with van der Waals surface area (Å²) in [6, 6.07) is 12.0. The van der Waals surface area contributed by atoms with Crippen molar-refractivity contribution in [3.8, 4) is 16.8 Å². The fourth-order valence-electron chi connectivity index (χ4n) is 4.12. The van der Waals surface area contributed by atoms with Crippen LogP contribution in [0.3, 0.4) is 0 Å². The van der Waals surface area contributed by atoms with Crippen molar-refractivity contribution in [3.63, 3.8) is 0 Å². The Bertz CT molecular complexity index is 1090. The summed E-state index contributed by atoms with van der Waals surface area (Å²) >= 11 is 0. The van der Waals surface area contributed by atoms with E-state index < -0.39 is 0 Å². The number of pyridine rings is 1. The minimum Gasteiger partial charge on any atom is -0.331 e. The second-order valence-corrected chi connectivity index (χ2v) is 7.46. The Labute approximate surface area is 157 Å². The Morgan fingerprint density at radius 2 is 1.89 bits per heavy atom. The van der Waals surface area contributed by atoms with Gasteiger partial charge in [0.2, 0.25) is 0 Å². The molecule has 1 spiro atoms. The number of amides is 1. The first kappa shape index (κ1) is 16.0. The average molecular weight is 357 g/mol. The standard InChI is InChI=1S/C22H19N3O2/c1-14-3-4-17(11-23-14)16-5-6-18-19(10-16)25-12-15(13-26)9-20(25)21(27)24(2)22(18)7-8-22/h3-6,9-13H,7-8H2,1-2H3. The largest absolute Gasteiger partial charge is 0.331 e. The minimum atomic E-state index is -0.239. The Balaban J connectivity index is 1.77. The van der Waals surface area contributed by atoms with Crippen LogP contribution in [0, 0.1) is 6.92 Å². The van der Waals surface area contributed by atoms with Gasteiger partial charge in [-0.3, -0.25) is 14.6 Å². The number of carbonyl (C=O) groups is 2. The van der Waals surface area contributed by atoms with Crippen LogP contribution in [0.25, 0.3) is 16.8 Å². The third-order valence-electron chi connectivity index (χ3n) is 5.87. The molecule has 0 radical (unpaired) electrons. The van der Waals surface area contributed by atoms with E-state index in [0.717, 1.165) is 47.2 Å². The molecule has 2 aromatic heterocycles. The van der Waals surface area contributed by atoms with Gasteiger partial charge in [-0.05, 0) is 43.5 Å². The molecular formula is C22H19N3O2. The molecule has 1 amide bonds. The molecule has 1 aliphatic heterocycles. The number of nitrogens with zero attached hydrogens (tertiary/aromatic N) is 3. The van der Waals surface area contributed by atoms with E-state index in [9.17, 15) is 9.59 Å². The van der Waals surface area contributed by atoms with E-state index in [1.807, 2.05) is 35.7 Å². The maximum Gasteiger partial charge on any atom is 0.271 e. The van der Waals surface area contributed by atoms with Gasteiger partial charge in [-0.25, -0.2) is 0 Å². The first-order valence-corrected chi connectivity index (χ1v) is 9.07. The van der Waals surface area contributed by atoms with Crippen LogP contribution in [-0.2, 0) is 5.54 Å². The zero-order valence-electron chi connectivity index (χ0n) is 15.3. The molecule has 1 fully saturated rings. The highest BCUT2D eigenvalue weighted by molar-refractivity contribution is 5.97. The molecule has 0 atom stereocenters. The van der Waals surface area contributed by atoms with Crippen molar-refractivity contribution in [3.05, 3.63) is 71.3 Å². The van der Waals surface area contributed by atoms with Crippen LogP contribution < -0.4 is 0 Å². The van der Waals surface area contributed by atoms with E-state index in [1.54, 1.807) is 12.3 Å². The van der Waals surface area contributed by atoms with Crippen LogP contribution in [0.4, 0.5) is 0 Å². The van der Waals surface area contributed by atoms with Gasteiger partial charge < -0.3 is 9.47 Å². The van der Waals surface area contributed by atoms with Gasteiger partial charge in [0.05, 0.1) is 11.2 Å². The number of hydrogen-bond acceptors (Lipinski definition) is 3. The van der Waals surface area contributed by atoms with E-state index in [4.69, 9.17) is 0 Å². The third-order valence-corrected chi connectivity index (χ3v) is 5.87. The third kappa shape index (κ3) is 2.21. The number of hydrogen-bond donors (Lipinski definition) is 0. The average Bonchev–Trinajstić information content (AvgIpc) is 3.39. The van der Waals surface area contributed by atoms with Crippen molar-refractivity contribution >= 4 is 12.2 Å². The summed E-state index contributed by atoms with van der Waals surface area (Å²) in [4.78, 5) is 30.6. The Morgan fingerprint density at radius 1 is 1.11 bits per heavy atom. The zero-order chi connectivity index (χ0) is 18.8. The molecule has 0 bridgehead atoms. The Hall–Kier alpha value is -3.21. The predicted molar refractivity (Wildman–Crippen MR) is 102 cm³/mol. The lowest BCUT2D eigenvalue weighted by molar-refractivity contribution is 0.0705. The summed E-state index contributed by atoms with van der Waals surface area (Å²) in [5.74, 6) is -0.0460. The maximum atomic E-state index is 13.1. The number of carbonyl (C=O) groups excluding carboxylic acids is 2. The number of benzene rings is 1. The quantitative estimate of drug-likeness (QED) is 0.657. The molecule has 2 aliphatic rings. The molecule has 0 unspecified atom stereocenters. The summed E-state index contributed by atoms with van der Waals surface area (Å²) in [5, 5.41) is 0. The Kier molecular flexibility index (Phi) is 3.20. The molecule has 1 saturated carbocycles. The molecule has 0 N–H and O–H groups in total. The molecule has 5 nitrogen and oxygen atoms in total. The molecule has 3 aromatic rings. The topological polar surface area (TPSA) is 55.2 Å². The highest BCUT2D eigenvalue weighted by Crippen LogP contribution is 2.54. The number of rotatable bonds is 2. The Morgan fingerprint density at radius 3 is 2.56 bits per heavy atom. The van der Waals surface area contributed by atoms with Gasteiger partial charge in [-0.15, -0.1) is 0 Å². The van der Waals surface area contributed by atoms with Gasteiger partial charge in [-0.1, -0.05) is 18.2 Å². The highest BCUT2D eigenvalue weighted by Gasteiger charge is 2.53. The van der Waals surface area contributed by atoms with Crippen LogP contribution in [0.2, 0.25) is 0 Å². The second kappa shape index (κ2) is 5.39. The number of fused-ring (bicyclic) bond motifs is 4. The lowest BCUT2D eigenvalue weighted by atomic mass is 9.97. The molecule has 0 saturated heterocycles. The van der Waals surface area contributed by atoms with Crippen LogP contribution >= 0.6 is 0 Å². The molecule has 27 heavy (non-hydrogen) atoms. The lowest BCUT2D eigenvalue weighted by Gasteiger charge is -2.27. The summed E-state index contributed by atoms with van der Waals surface area (Å²) in [6.45, 7) is 1.96. The molecule has 1 aliphatic carbocycles. The summed E-state index contributed by atoms with van der Waals surface area (Å²) in [5.41, 5.74) is 5.94. The van der Waals surface area contributed by atoms with Crippen LogP contribution in [-0.4, -0.2) is 33.7 Å². The van der Waals surface area contributed by atoms with Gasteiger partial charge in [0.25, 0.3) is 5.91 Å². The second-order valence-electron chi connectivity index (χ2n) is 7.46. The summed E-state index contributed by atoms with van der Waals surface area (Å²) < 4.78 is 1.87. The van der Waals surface area contributed by atoms with Gasteiger partial charge in [0.15, 0.2) is 6.29 Å². The smallest absolute Gasteiger partial charge is 0.271 e. The zero-order valence-corrected chi connectivity index (χ0v) is 15.3. The number of aromatic nitrogens is 2. The summed E-state index contributed by atoms with van der Waals surface area (Å²) in [7, 11) is 1.86. The van der Waals surface area contributed by atoms with Crippen molar-refractivity contribution in [1.82, 2.24) is 14.5 Å². The van der Waals surface area contributed by atoms with Gasteiger partial charge in [0.1, 0.15) is 5.69 Å². The van der Waals surface area contributed by atoms with Crippen molar-refractivity contribution in [2.24, 2.45) is 0 Å². The van der Waals surface area contributed by atoms with Crippen LogP contribution in [0.1, 0.15) is 44.9 Å². The predicted octanol–water partition coefficient (Wildman–Crippen LogP) is 3.73. The van der Waals surface area contributed by atoms with Crippen molar-refractivity contribution in [2.45, 2.75) is 25.3 Å². The molecule has 5 rings (SSSR count). The maximum absolute atomic E-state index is 13.1. The summed E-state index contributed by atoms with van der Waals surface area (Å²) in [6.07, 6.45) is 6.32. The lowest BCUT2D eigenvalue weighted by Crippen LogP contribution is -2.36. The van der Waals surface area contributed by atoms with E-state index in [-0.39, 0.29) is 11.4 Å². The van der Waals surface area contributed by atoms with E-state index in [0.29, 0.717) is 11.3 Å². The van der Waals surface area contributed by atoms with Crippen LogP contribution in [0.15, 0.2) is 48.8 Å². The van der Waals surface area contributed by atoms with Gasteiger partial charge >= 0.3 is 0 Å². The molecule has 1 aromatic carbocycles. The normalized spacial score (nSPS) is 16.7. The van der Waals surface area contributed by atoms with Crippen molar-refractivity contribution < 1.29 is 9.59 Å². The van der Waals surface area contributed by atoms with E-state index in [1.165, 1.54) is 0 Å². The monoisotopic (exact) mass is 357 g/mol. The first-order valence-electron chi connectivity index (χ1n) is 9.07. The first-order chi connectivity index (χ1) is 13.0. The van der Waals surface area contributed by atoms with Crippen molar-refractivity contribution in [1.29, 1.82) is 0 Å². The molecule has 5 heteroatoms. The fraction of sp³-hybridized carbons (Fsp3) is 0.227. The van der Waals surface area contributed by atoms with Gasteiger partial charge in [0, 0.05) is 41.8 Å².